The molecule has 2 aromatic carbocycles. The van der Waals surface area contributed by atoms with Crippen molar-refractivity contribution < 1.29 is 4.74 Å². The van der Waals surface area contributed by atoms with Crippen LogP contribution < -0.4 is 27.2 Å². The third kappa shape index (κ3) is 5.44. The highest BCUT2D eigenvalue weighted by Gasteiger charge is 2.15. The molecule has 0 saturated carbocycles. The largest absolute Gasteiger partial charge is 0.497 e. The number of rotatable bonds is 9. The molecule has 5 aromatic rings. The molecule has 0 aliphatic rings. The van der Waals surface area contributed by atoms with Gasteiger partial charge in [0.25, 0.3) is 0 Å². The van der Waals surface area contributed by atoms with Gasteiger partial charge < -0.3 is 15.8 Å². The van der Waals surface area contributed by atoms with Crippen molar-refractivity contribution in [2.75, 3.05) is 18.2 Å². The molecular formula is C26H24N8O3S. The van der Waals surface area contributed by atoms with E-state index in [2.05, 4.69) is 24.9 Å². The van der Waals surface area contributed by atoms with Crippen LogP contribution in [0.2, 0.25) is 0 Å². The highest BCUT2D eigenvalue weighted by molar-refractivity contribution is 7.09. The van der Waals surface area contributed by atoms with Gasteiger partial charge in [0.15, 0.2) is 0 Å². The maximum Gasteiger partial charge on any atom is 0.355 e. The number of pyridine rings is 1. The molecule has 3 aromatic heterocycles. The van der Waals surface area contributed by atoms with Gasteiger partial charge in [0.1, 0.15) is 11.6 Å². The topological polar surface area (TPSA) is 143 Å². The van der Waals surface area contributed by atoms with E-state index in [0.29, 0.717) is 11.6 Å². The average Bonchev–Trinajstić information content (AvgIpc) is 3.48. The number of nitrogens with zero attached hydrogens (tertiary/aromatic N) is 6. The number of aromatic nitrogens is 6. The molecule has 0 amide bonds. The van der Waals surface area contributed by atoms with Gasteiger partial charge in [-0.15, -0.1) is 5.10 Å². The zero-order valence-corrected chi connectivity index (χ0v) is 21.3. The van der Waals surface area contributed by atoms with Crippen LogP contribution in [0.25, 0.3) is 10.4 Å². The summed E-state index contributed by atoms with van der Waals surface area (Å²) in [7, 11) is 1.59. The molecule has 0 aliphatic carbocycles. The fourth-order valence-corrected chi connectivity index (χ4v) is 4.40. The van der Waals surface area contributed by atoms with Gasteiger partial charge in [0.05, 0.1) is 31.3 Å². The van der Waals surface area contributed by atoms with E-state index in [-0.39, 0.29) is 25.6 Å². The van der Waals surface area contributed by atoms with E-state index in [1.165, 1.54) is 16.1 Å². The molecule has 38 heavy (non-hydrogen) atoms. The monoisotopic (exact) mass is 528 g/mol. The summed E-state index contributed by atoms with van der Waals surface area (Å²) in [5.74, 6) is 1.20. The van der Waals surface area contributed by atoms with Crippen molar-refractivity contribution in [1.82, 2.24) is 28.7 Å². The summed E-state index contributed by atoms with van der Waals surface area (Å²) in [4.78, 5) is 35.9. The molecule has 0 saturated heterocycles. The zero-order chi connectivity index (χ0) is 26.5. The highest BCUT2D eigenvalue weighted by Crippen LogP contribution is 2.22. The Morgan fingerprint density at radius 3 is 2.34 bits per heavy atom. The Bertz CT molecular complexity index is 1650. The smallest absolute Gasteiger partial charge is 0.355 e. The molecule has 12 heteroatoms. The van der Waals surface area contributed by atoms with Crippen LogP contribution in [-0.2, 0) is 19.6 Å². The number of hydrogen-bond acceptors (Lipinski definition) is 10. The van der Waals surface area contributed by atoms with Gasteiger partial charge in [0.2, 0.25) is 5.95 Å². The van der Waals surface area contributed by atoms with E-state index in [0.717, 1.165) is 31.7 Å². The van der Waals surface area contributed by atoms with Crippen LogP contribution in [0.1, 0.15) is 16.7 Å². The molecule has 0 aliphatic heterocycles. The number of hydrogen-bond donors (Lipinski definition) is 2. The van der Waals surface area contributed by atoms with Crippen molar-refractivity contribution in [3.63, 3.8) is 0 Å². The number of nitrogens with two attached hydrogens (primary N) is 1. The van der Waals surface area contributed by atoms with Crippen molar-refractivity contribution in [1.29, 1.82) is 0 Å². The number of ether oxygens (including phenoxy) is 1. The Morgan fingerprint density at radius 2 is 1.68 bits per heavy atom. The zero-order valence-electron chi connectivity index (χ0n) is 20.4. The quantitative estimate of drug-likeness (QED) is 0.295. The number of nitrogen functional groups attached to an aromatic ring is 1. The predicted octanol–water partition coefficient (Wildman–Crippen LogP) is 2.62. The van der Waals surface area contributed by atoms with E-state index in [1.807, 2.05) is 54.6 Å². The Balaban J connectivity index is 1.48. The first-order chi connectivity index (χ1) is 18.5. The lowest BCUT2D eigenvalue weighted by Gasteiger charge is -2.16. The van der Waals surface area contributed by atoms with Crippen molar-refractivity contribution in [3.8, 4) is 16.2 Å². The van der Waals surface area contributed by atoms with Crippen LogP contribution >= 0.6 is 11.5 Å². The standard InChI is InChI=1S/C26H24N8O3S/c1-37-21-10-6-18(7-11-21)15-33-24(29-13-20-3-2-12-28-23(20)27)31-25(35)34(26(33)36)16-17-4-8-19(9-5-17)22-14-30-32-38-22/h2-12,14H,13,15-16H2,1H3,(H2,27,28)(H,29,31,35). The van der Waals surface area contributed by atoms with Gasteiger partial charge in [-0.05, 0) is 46.4 Å². The molecule has 192 valence electrons. The molecule has 0 bridgehead atoms. The Hall–Kier alpha value is -4.84. The maximum absolute atomic E-state index is 13.6. The van der Waals surface area contributed by atoms with Gasteiger partial charge in [-0.25, -0.2) is 19.1 Å². The molecule has 11 nitrogen and oxygen atoms in total. The van der Waals surface area contributed by atoms with Crippen LogP contribution in [0.15, 0.2) is 82.6 Å². The maximum atomic E-state index is 13.6. The second-order valence-corrected chi connectivity index (χ2v) is 9.19. The van der Waals surface area contributed by atoms with E-state index in [1.54, 1.807) is 25.6 Å². The molecule has 0 spiro atoms. The molecule has 0 radical (unpaired) electrons. The minimum absolute atomic E-state index is 0.0737. The van der Waals surface area contributed by atoms with Gasteiger partial charge in [0, 0.05) is 18.3 Å². The van der Waals surface area contributed by atoms with Crippen LogP contribution in [0.5, 0.6) is 5.75 Å². The molecule has 5 rings (SSSR count). The fourth-order valence-electron chi connectivity index (χ4n) is 3.88. The van der Waals surface area contributed by atoms with E-state index >= 15 is 0 Å². The van der Waals surface area contributed by atoms with Crippen molar-refractivity contribution in [2.24, 2.45) is 0 Å². The van der Waals surface area contributed by atoms with Gasteiger partial charge in [-0.2, -0.15) is 4.98 Å². The molecule has 0 unspecified atom stereocenters. The number of benzene rings is 2. The fraction of sp³-hybridized carbons (Fsp3) is 0.154. The second-order valence-electron chi connectivity index (χ2n) is 8.40. The van der Waals surface area contributed by atoms with Crippen LogP contribution in [0.4, 0.5) is 11.8 Å². The van der Waals surface area contributed by atoms with E-state index in [9.17, 15) is 9.59 Å². The normalized spacial score (nSPS) is 10.9. The first-order valence-electron chi connectivity index (χ1n) is 11.7. The lowest BCUT2D eigenvalue weighted by Crippen LogP contribution is -2.43. The summed E-state index contributed by atoms with van der Waals surface area (Å²) < 4.78 is 11.7. The van der Waals surface area contributed by atoms with E-state index < -0.39 is 11.4 Å². The van der Waals surface area contributed by atoms with Crippen LogP contribution in [0.3, 0.4) is 0 Å². The lowest BCUT2D eigenvalue weighted by atomic mass is 10.1. The third-order valence-corrected chi connectivity index (χ3v) is 6.67. The van der Waals surface area contributed by atoms with Gasteiger partial charge in [-0.3, -0.25) is 4.57 Å². The van der Waals surface area contributed by atoms with Gasteiger partial charge in [-0.1, -0.05) is 47.0 Å². The minimum Gasteiger partial charge on any atom is -0.497 e. The number of anilines is 2. The molecule has 3 heterocycles. The molecule has 0 atom stereocenters. The Morgan fingerprint density at radius 1 is 0.974 bits per heavy atom. The summed E-state index contributed by atoms with van der Waals surface area (Å²) in [5, 5.41) is 6.95. The highest BCUT2D eigenvalue weighted by atomic mass is 32.1. The summed E-state index contributed by atoms with van der Waals surface area (Å²) in [6, 6.07) is 18.5. The summed E-state index contributed by atoms with van der Waals surface area (Å²) in [5.41, 5.74) is 8.12. The Labute approximate surface area is 221 Å². The lowest BCUT2D eigenvalue weighted by molar-refractivity contribution is 0.414. The SMILES string of the molecule is COc1ccc(Cn2c(NCc3cccnc3N)nc(=O)n(Cc3ccc(-c4cnns4)cc3)c2=O)cc1. The molecule has 3 N–H and O–H groups in total. The summed E-state index contributed by atoms with van der Waals surface area (Å²) in [6.45, 7) is 0.509. The van der Waals surface area contributed by atoms with Crippen LogP contribution in [0, 0.1) is 0 Å². The van der Waals surface area contributed by atoms with Crippen molar-refractivity contribution in [2.45, 2.75) is 19.6 Å². The number of nitrogens with one attached hydrogen (secondary N) is 1. The molecule has 0 fully saturated rings. The van der Waals surface area contributed by atoms with Crippen molar-refractivity contribution >= 4 is 23.3 Å². The van der Waals surface area contributed by atoms with Crippen molar-refractivity contribution in [3.05, 3.63) is 111 Å². The second kappa shape index (κ2) is 11.0. The number of methoxy groups -OCH3 is 1. The summed E-state index contributed by atoms with van der Waals surface area (Å²) >= 11 is 1.30. The van der Waals surface area contributed by atoms with E-state index in [4.69, 9.17) is 10.5 Å². The first kappa shape index (κ1) is 24.8. The summed E-state index contributed by atoms with van der Waals surface area (Å²) in [6.07, 6.45) is 3.29. The van der Waals surface area contributed by atoms with Gasteiger partial charge >= 0.3 is 11.4 Å². The first-order valence-corrected chi connectivity index (χ1v) is 12.4. The third-order valence-electron chi connectivity index (χ3n) is 5.95. The predicted molar refractivity (Wildman–Crippen MR) is 145 cm³/mol. The average molecular weight is 529 g/mol. The van der Waals surface area contributed by atoms with Crippen LogP contribution in [-0.4, -0.2) is 35.8 Å². The Kier molecular flexibility index (Phi) is 7.22. The molecular weight excluding hydrogens is 504 g/mol. The minimum atomic E-state index is -0.654.